The Morgan fingerprint density at radius 1 is 1.35 bits per heavy atom. The molecule has 4 atom stereocenters. The first-order valence-corrected chi connectivity index (χ1v) is 7.27. The van der Waals surface area contributed by atoms with Crippen molar-refractivity contribution >= 4 is 0 Å². The van der Waals surface area contributed by atoms with E-state index in [-0.39, 0.29) is 0 Å². The van der Waals surface area contributed by atoms with E-state index < -0.39 is 0 Å². The van der Waals surface area contributed by atoms with E-state index in [0.29, 0.717) is 29.5 Å². The van der Waals surface area contributed by atoms with Crippen molar-refractivity contribution in [1.82, 2.24) is 5.32 Å². The molecule has 17 heavy (non-hydrogen) atoms. The van der Waals surface area contributed by atoms with Crippen LogP contribution in [-0.2, 0) is 0 Å². The Morgan fingerprint density at radius 3 is 2.59 bits per heavy atom. The fourth-order valence-corrected chi connectivity index (χ4v) is 4.48. The third-order valence-electron chi connectivity index (χ3n) is 5.52. The Balaban J connectivity index is 2.00. The van der Waals surface area contributed by atoms with Crippen LogP contribution in [0.2, 0.25) is 0 Å². The van der Waals surface area contributed by atoms with E-state index in [1.54, 1.807) is 0 Å². The third kappa shape index (κ3) is 2.26. The van der Waals surface area contributed by atoms with Crippen LogP contribution in [0, 0.1) is 16.7 Å². The molecule has 0 aliphatic heterocycles. The van der Waals surface area contributed by atoms with E-state index in [1.165, 1.54) is 19.3 Å². The molecule has 0 heterocycles. The summed E-state index contributed by atoms with van der Waals surface area (Å²) in [5.41, 5.74) is 0.960. The lowest BCUT2D eigenvalue weighted by atomic mass is 9.68. The van der Waals surface area contributed by atoms with Gasteiger partial charge in [-0.3, -0.25) is 0 Å². The first-order valence-electron chi connectivity index (χ1n) is 7.27. The van der Waals surface area contributed by atoms with Crippen molar-refractivity contribution in [3.63, 3.8) is 0 Å². The average Bonchev–Trinajstić information content (AvgIpc) is 2.73. The van der Waals surface area contributed by atoms with Crippen LogP contribution < -0.4 is 5.32 Å². The van der Waals surface area contributed by atoms with Crippen molar-refractivity contribution < 1.29 is 5.11 Å². The maximum atomic E-state index is 8.91. The lowest BCUT2D eigenvalue weighted by Crippen LogP contribution is -2.53. The molecule has 2 unspecified atom stereocenters. The van der Waals surface area contributed by atoms with Gasteiger partial charge in [0.2, 0.25) is 0 Å². The molecular formula is C15H29NO. The monoisotopic (exact) mass is 239 g/mol. The summed E-state index contributed by atoms with van der Waals surface area (Å²) in [6.45, 7) is 9.94. The van der Waals surface area contributed by atoms with Gasteiger partial charge in [-0.2, -0.15) is 0 Å². The van der Waals surface area contributed by atoms with Crippen LogP contribution in [0.3, 0.4) is 0 Å². The van der Waals surface area contributed by atoms with Gasteiger partial charge in [0, 0.05) is 18.7 Å². The molecule has 2 nitrogen and oxygen atoms in total. The summed E-state index contributed by atoms with van der Waals surface area (Å²) in [6.07, 6.45) is 6.23. The Kier molecular flexibility index (Phi) is 3.57. The number of hydrogen-bond donors (Lipinski definition) is 2. The first kappa shape index (κ1) is 13.4. The van der Waals surface area contributed by atoms with Gasteiger partial charge in [-0.1, -0.05) is 20.8 Å². The zero-order chi connectivity index (χ0) is 12.7. The van der Waals surface area contributed by atoms with E-state index in [1.807, 2.05) is 0 Å². The lowest BCUT2D eigenvalue weighted by molar-refractivity contribution is 0.0980. The number of fused-ring (bicyclic) bond motifs is 2. The van der Waals surface area contributed by atoms with E-state index in [0.717, 1.165) is 18.8 Å². The number of hydrogen-bond acceptors (Lipinski definition) is 2. The summed E-state index contributed by atoms with van der Waals surface area (Å²) < 4.78 is 0. The summed E-state index contributed by atoms with van der Waals surface area (Å²) in [5.74, 6) is 0.912. The summed E-state index contributed by atoms with van der Waals surface area (Å²) in [6, 6.07) is 1.19. The number of aliphatic hydroxyl groups excluding tert-OH is 1. The number of aliphatic hydroxyl groups is 1. The molecule has 0 spiro atoms. The molecule has 2 heteroatoms. The van der Waals surface area contributed by atoms with Crippen LogP contribution in [-0.4, -0.2) is 23.8 Å². The highest BCUT2D eigenvalue weighted by atomic mass is 16.2. The van der Waals surface area contributed by atoms with Crippen LogP contribution in [0.15, 0.2) is 0 Å². The maximum Gasteiger partial charge on any atom is 0.0431 e. The first-order chi connectivity index (χ1) is 7.90. The molecule has 2 saturated carbocycles. The highest BCUT2D eigenvalue weighted by Gasteiger charge is 2.59. The largest absolute Gasteiger partial charge is 0.396 e. The van der Waals surface area contributed by atoms with Crippen molar-refractivity contribution in [3.8, 4) is 0 Å². The van der Waals surface area contributed by atoms with Gasteiger partial charge >= 0.3 is 0 Å². The van der Waals surface area contributed by atoms with Crippen LogP contribution in [0.25, 0.3) is 0 Å². The lowest BCUT2D eigenvalue weighted by Gasteiger charge is -2.44. The Labute approximate surface area is 106 Å². The zero-order valence-electron chi connectivity index (χ0n) is 11.9. The highest BCUT2D eigenvalue weighted by molar-refractivity contribution is 5.12. The number of nitrogens with one attached hydrogen (secondary N) is 1. The van der Waals surface area contributed by atoms with Gasteiger partial charge in [0.1, 0.15) is 0 Å². The number of rotatable bonds is 5. The van der Waals surface area contributed by atoms with E-state index >= 15 is 0 Å². The molecule has 0 amide bonds. The molecule has 0 aromatic heterocycles. The summed E-state index contributed by atoms with van der Waals surface area (Å²) in [4.78, 5) is 0. The molecule has 0 saturated heterocycles. The van der Waals surface area contributed by atoms with Crippen LogP contribution >= 0.6 is 0 Å². The maximum absolute atomic E-state index is 8.91. The smallest absolute Gasteiger partial charge is 0.0431 e. The molecule has 2 N–H and O–H groups in total. The van der Waals surface area contributed by atoms with Crippen molar-refractivity contribution in [2.24, 2.45) is 16.7 Å². The SMILES string of the molecule is CC(CCCO)NC1C(C)(C)[C@H]2CC[C@]1(C)C2. The van der Waals surface area contributed by atoms with E-state index in [4.69, 9.17) is 5.11 Å². The second-order valence-electron chi connectivity index (χ2n) is 7.28. The van der Waals surface area contributed by atoms with Gasteiger partial charge < -0.3 is 10.4 Å². The van der Waals surface area contributed by atoms with Gasteiger partial charge in [-0.05, 0) is 55.8 Å². The Hall–Kier alpha value is -0.0800. The van der Waals surface area contributed by atoms with E-state index in [2.05, 4.69) is 33.0 Å². The molecule has 2 bridgehead atoms. The van der Waals surface area contributed by atoms with Crippen molar-refractivity contribution in [3.05, 3.63) is 0 Å². The topological polar surface area (TPSA) is 32.3 Å². The van der Waals surface area contributed by atoms with Crippen molar-refractivity contribution in [2.75, 3.05) is 6.61 Å². The predicted molar refractivity (Wildman–Crippen MR) is 71.9 cm³/mol. The molecule has 2 aliphatic carbocycles. The standard InChI is InChI=1S/C15H29NO/c1-11(6-5-9-17)16-13-14(2,3)12-7-8-15(13,4)10-12/h11-13,16-17H,5-10H2,1-4H3/t11?,12-,13?,15+/m0/s1. The molecular weight excluding hydrogens is 210 g/mol. The average molecular weight is 239 g/mol. The third-order valence-corrected chi connectivity index (χ3v) is 5.52. The molecule has 2 fully saturated rings. The molecule has 0 aromatic carbocycles. The fraction of sp³-hybridized carbons (Fsp3) is 1.00. The van der Waals surface area contributed by atoms with Gasteiger partial charge in [0.15, 0.2) is 0 Å². The van der Waals surface area contributed by atoms with Crippen LogP contribution in [0.1, 0.15) is 59.8 Å². The summed E-state index contributed by atoms with van der Waals surface area (Å²) >= 11 is 0. The van der Waals surface area contributed by atoms with Gasteiger partial charge in [0.25, 0.3) is 0 Å². The van der Waals surface area contributed by atoms with Crippen molar-refractivity contribution in [2.45, 2.75) is 71.9 Å². The van der Waals surface area contributed by atoms with Crippen molar-refractivity contribution in [1.29, 1.82) is 0 Å². The molecule has 0 aromatic rings. The zero-order valence-corrected chi connectivity index (χ0v) is 11.9. The normalized spacial score (nSPS) is 40.8. The highest BCUT2D eigenvalue weighted by Crippen LogP contribution is 2.62. The molecule has 0 radical (unpaired) electrons. The minimum absolute atomic E-state index is 0.319. The second-order valence-corrected chi connectivity index (χ2v) is 7.28. The van der Waals surface area contributed by atoms with Crippen LogP contribution in [0.5, 0.6) is 0 Å². The fourth-order valence-electron chi connectivity index (χ4n) is 4.48. The van der Waals surface area contributed by atoms with Crippen LogP contribution in [0.4, 0.5) is 0 Å². The predicted octanol–water partition coefficient (Wildman–Crippen LogP) is 2.95. The van der Waals surface area contributed by atoms with Gasteiger partial charge in [-0.15, -0.1) is 0 Å². The minimum atomic E-state index is 0.319. The summed E-state index contributed by atoms with van der Waals surface area (Å²) in [5, 5.41) is 12.8. The Morgan fingerprint density at radius 2 is 2.06 bits per heavy atom. The van der Waals surface area contributed by atoms with Gasteiger partial charge in [-0.25, -0.2) is 0 Å². The van der Waals surface area contributed by atoms with Gasteiger partial charge in [0.05, 0.1) is 0 Å². The quantitative estimate of drug-likeness (QED) is 0.773. The second kappa shape index (κ2) is 4.55. The Bertz CT molecular complexity index is 271. The molecule has 100 valence electrons. The summed E-state index contributed by atoms with van der Waals surface area (Å²) in [7, 11) is 0. The molecule has 2 aliphatic rings. The minimum Gasteiger partial charge on any atom is -0.396 e. The molecule has 2 rings (SSSR count). The van der Waals surface area contributed by atoms with E-state index in [9.17, 15) is 0 Å².